The maximum atomic E-state index is 15.0. The molecule has 5 nitrogen and oxygen atoms in total. The number of hydrogen-bond acceptors (Lipinski definition) is 3. The van der Waals surface area contributed by atoms with Crippen LogP contribution in [0, 0.1) is 0 Å². The Kier molecular flexibility index (Phi) is 11.6. The molecule has 2 N–H and O–H groups in total. The van der Waals surface area contributed by atoms with Crippen molar-refractivity contribution in [1.82, 2.24) is 10.2 Å². The maximum Gasteiger partial charge on any atom is 0.273 e. The highest BCUT2D eigenvalue weighted by atomic mass is 19.3. The number of nitrogens with zero attached hydrogens (tertiary/aromatic N) is 1. The molecule has 1 atom stereocenters. The van der Waals surface area contributed by atoms with Gasteiger partial charge in [0, 0.05) is 23.2 Å². The first-order chi connectivity index (χ1) is 23.6. The van der Waals surface area contributed by atoms with Gasteiger partial charge in [-0.05, 0) is 85.1 Å². The van der Waals surface area contributed by atoms with Crippen LogP contribution in [0.4, 0.5) is 18.9 Å². The van der Waals surface area contributed by atoms with Crippen LogP contribution >= 0.6 is 0 Å². The average Bonchev–Trinajstić information content (AvgIpc) is 3.15. The SMILES string of the molecule is CCC(F)(CC)CNC(=O)C(c1ccccc1)N1CCC(c2ccc(NC(=O)c3ccccc3-c3ccc(C(F)(F)CC)cc3)cc2)CC1. The molecule has 4 aromatic carbocycles. The largest absolute Gasteiger partial charge is 0.351 e. The summed E-state index contributed by atoms with van der Waals surface area (Å²) in [6.45, 7) is 6.49. The number of piperidine rings is 1. The Balaban J connectivity index is 1.22. The molecule has 1 heterocycles. The number of amides is 2. The number of carbonyl (C=O) groups excluding carboxylic acids is 2. The van der Waals surface area contributed by atoms with Crippen molar-refractivity contribution >= 4 is 17.5 Å². The predicted molar refractivity (Wildman–Crippen MR) is 191 cm³/mol. The van der Waals surface area contributed by atoms with Crippen LogP contribution in [0.2, 0.25) is 0 Å². The zero-order chi connectivity index (χ0) is 35.0. The first-order valence-corrected chi connectivity index (χ1v) is 17.3. The van der Waals surface area contributed by atoms with Crippen LogP contribution in [-0.2, 0) is 10.7 Å². The van der Waals surface area contributed by atoms with E-state index in [0.29, 0.717) is 54.2 Å². The molecular formula is C41H46F3N3O2. The Labute approximate surface area is 287 Å². The van der Waals surface area contributed by atoms with E-state index in [0.717, 1.165) is 24.0 Å². The molecule has 5 rings (SSSR count). The quantitative estimate of drug-likeness (QED) is 0.149. The molecule has 0 aliphatic carbocycles. The summed E-state index contributed by atoms with van der Waals surface area (Å²) in [5.74, 6) is -3.06. The van der Waals surface area contributed by atoms with Crippen molar-refractivity contribution in [2.75, 3.05) is 25.0 Å². The number of hydrogen-bond donors (Lipinski definition) is 2. The molecule has 0 bridgehead atoms. The second-order valence-corrected chi connectivity index (χ2v) is 13.0. The zero-order valence-electron chi connectivity index (χ0n) is 28.5. The van der Waals surface area contributed by atoms with Crippen LogP contribution < -0.4 is 10.6 Å². The molecule has 1 unspecified atom stereocenters. The molecule has 0 spiro atoms. The number of benzene rings is 4. The third-order valence-corrected chi connectivity index (χ3v) is 9.98. The molecule has 1 saturated heterocycles. The van der Waals surface area contributed by atoms with Crippen LogP contribution in [-0.4, -0.2) is 42.0 Å². The number of alkyl halides is 3. The van der Waals surface area contributed by atoms with E-state index in [1.807, 2.05) is 66.7 Å². The van der Waals surface area contributed by atoms with Gasteiger partial charge in [-0.1, -0.05) is 106 Å². The molecular weight excluding hydrogens is 623 g/mol. The lowest BCUT2D eigenvalue weighted by Crippen LogP contribution is -2.47. The van der Waals surface area contributed by atoms with Gasteiger partial charge in [-0.2, -0.15) is 0 Å². The van der Waals surface area contributed by atoms with E-state index in [1.54, 1.807) is 38.1 Å². The van der Waals surface area contributed by atoms with Gasteiger partial charge in [0.05, 0.1) is 6.54 Å². The molecule has 8 heteroatoms. The Morgan fingerprint density at radius 1 is 0.776 bits per heavy atom. The van der Waals surface area contributed by atoms with E-state index in [1.165, 1.54) is 19.1 Å². The molecule has 0 radical (unpaired) electrons. The molecule has 2 amide bonds. The van der Waals surface area contributed by atoms with Gasteiger partial charge in [0.2, 0.25) is 5.91 Å². The minimum absolute atomic E-state index is 0.000738. The summed E-state index contributed by atoms with van der Waals surface area (Å²) in [6.07, 6.45) is 2.13. The summed E-state index contributed by atoms with van der Waals surface area (Å²) < 4.78 is 43.3. The lowest BCUT2D eigenvalue weighted by atomic mass is 9.88. The average molecular weight is 670 g/mol. The topological polar surface area (TPSA) is 61.4 Å². The molecule has 1 fully saturated rings. The summed E-state index contributed by atoms with van der Waals surface area (Å²) in [5.41, 5.74) is 3.06. The Morgan fingerprint density at radius 3 is 2.00 bits per heavy atom. The molecule has 1 aliphatic rings. The number of likely N-dealkylation sites (tertiary alicyclic amines) is 1. The van der Waals surface area contributed by atoms with Crippen LogP contribution in [0.5, 0.6) is 0 Å². The standard InChI is InChI=1S/C41H46F3N3O2/c1-4-40(42,5-2)28-45-39(49)37(32-12-8-7-9-13-32)47-26-24-30(25-27-47)29-18-22-34(23-19-29)46-38(48)36-15-11-10-14-35(36)31-16-20-33(21-17-31)41(43,44)6-3/h7-23,30,37H,4-6,24-28H2,1-3H3,(H,45,49)(H,46,48). The molecule has 258 valence electrons. The number of rotatable bonds is 13. The summed E-state index contributed by atoms with van der Waals surface area (Å²) in [7, 11) is 0. The monoisotopic (exact) mass is 669 g/mol. The van der Waals surface area contributed by atoms with E-state index in [4.69, 9.17) is 0 Å². The van der Waals surface area contributed by atoms with Gasteiger partial charge < -0.3 is 10.6 Å². The highest BCUT2D eigenvalue weighted by Crippen LogP contribution is 2.35. The van der Waals surface area contributed by atoms with Crippen LogP contribution in [0.3, 0.4) is 0 Å². The van der Waals surface area contributed by atoms with Crippen molar-refractivity contribution in [3.8, 4) is 11.1 Å². The predicted octanol–water partition coefficient (Wildman–Crippen LogP) is 9.67. The summed E-state index contributed by atoms with van der Waals surface area (Å²) in [5, 5.41) is 5.89. The smallest absolute Gasteiger partial charge is 0.273 e. The third-order valence-electron chi connectivity index (χ3n) is 9.98. The number of carbonyl (C=O) groups is 2. The Hall–Kier alpha value is -4.43. The highest BCUT2D eigenvalue weighted by Gasteiger charge is 2.34. The fraction of sp³-hybridized carbons (Fsp3) is 0.366. The van der Waals surface area contributed by atoms with Crippen molar-refractivity contribution in [1.29, 1.82) is 0 Å². The van der Waals surface area contributed by atoms with Crippen molar-refractivity contribution in [3.05, 3.63) is 125 Å². The van der Waals surface area contributed by atoms with Crippen molar-refractivity contribution in [2.24, 2.45) is 0 Å². The molecule has 1 aliphatic heterocycles. The van der Waals surface area contributed by atoms with Gasteiger partial charge in [-0.25, -0.2) is 13.2 Å². The fourth-order valence-electron chi connectivity index (χ4n) is 6.56. The molecule has 0 saturated carbocycles. The van der Waals surface area contributed by atoms with Crippen molar-refractivity contribution in [2.45, 2.75) is 76.4 Å². The Bertz CT molecular complexity index is 1680. The second kappa shape index (κ2) is 15.9. The van der Waals surface area contributed by atoms with Crippen LogP contribution in [0.1, 0.15) is 91.9 Å². The van der Waals surface area contributed by atoms with Gasteiger partial charge in [-0.3, -0.25) is 14.5 Å². The summed E-state index contributed by atoms with van der Waals surface area (Å²) >= 11 is 0. The zero-order valence-corrected chi connectivity index (χ0v) is 28.5. The van der Waals surface area contributed by atoms with E-state index < -0.39 is 17.6 Å². The minimum atomic E-state index is -2.90. The van der Waals surface area contributed by atoms with Gasteiger partial charge >= 0.3 is 0 Å². The van der Waals surface area contributed by atoms with E-state index in [2.05, 4.69) is 15.5 Å². The number of anilines is 1. The number of halogens is 3. The number of nitrogens with one attached hydrogen (secondary N) is 2. The van der Waals surface area contributed by atoms with Gasteiger partial charge in [0.1, 0.15) is 11.7 Å². The third kappa shape index (κ3) is 8.60. The lowest BCUT2D eigenvalue weighted by molar-refractivity contribution is -0.128. The van der Waals surface area contributed by atoms with Gasteiger partial charge in [-0.15, -0.1) is 0 Å². The first kappa shape index (κ1) is 35.9. The fourth-order valence-corrected chi connectivity index (χ4v) is 6.56. The van der Waals surface area contributed by atoms with Gasteiger partial charge in [0.25, 0.3) is 11.8 Å². The van der Waals surface area contributed by atoms with Crippen molar-refractivity contribution < 1.29 is 22.8 Å². The van der Waals surface area contributed by atoms with Crippen LogP contribution in [0.25, 0.3) is 11.1 Å². The second-order valence-electron chi connectivity index (χ2n) is 13.0. The molecule has 49 heavy (non-hydrogen) atoms. The summed E-state index contributed by atoms with van der Waals surface area (Å²) in [6, 6.07) is 30.3. The normalized spacial score (nSPS) is 15.1. The molecule has 4 aromatic rings. The highest BCUT2D eigenvalue weighted by molar-refractivity contribution is 6.08. The van der Waals surface area contributed by atoms with Crippen molar-refractivity contribution in [3.63, 3.8) is 0 Å². The van der Waals surface area contributed by atoms with E-state index in [9.17, 15) is 18.4 Å². The van der Waals surface area contributed by atoms with E-state index >= 15 is 4.39 Å². The Morgan fingerprint density at radius 2 is 1.39 bits per heavy atom. The maximum absolute atomic E-state index is 15.0. The minimum Gasteiger partial charge on any atom is -0.351 e. The summed E-state index contributed by atoms with van der Waals surface area (Å²) in [4.78, 5) is 29.1. The van der Waals surface area contributed by atoms with E-state index in [-0.39, 0.29) is 30.3 Å². The first-order valence-electron chi connectivity index (χ1n) is 17.3. The van der Waals surface area contributed by atoms with Crippen LogP contribution in [0.15, 0.2) is 103 Å². The molecule has 0 aromatic heterocycles. The lowest BCUT2D eigenvalue weighted by Gasteiger charge is -2.37. The van der Waals surface area contributed by atoms with Gasteiger partial charge in [0.15, 0.2) is 0 Å².